The van der Waals surface area contributed by atoms with Crippen molar-refractivity contribution in [2.45, 2.75) is 44.7 Å². The van der Waals surface area contributed by atoms with Crippen LogP contribution in [0.2, 0.25) is 0 Å². The van der Waals surface area contributed by atoms with Crippen molar-refractivity contribution in [3.05, 3.63) is 63.4 Å². The first-order chi connectivity index (χ1) is 15.7. The van der Waals surface area contributed by atoms with Crippen molar-refractivity contribution in [1.82, 2.24) is 8.87 Å². The number of benzene rings is 2. The van der Waals surface area contributed by atoms with Gasteiger partial charge in [0.05, 0.1) is 23.1 Å². The van der Waals surface area contributed by atoms with Crippen LogP contribution in [0.4, 0.5) is 0 Å². The van der Waals surface area contributed by atoms with Crippen molar-refractivity contribution in [2.24, 2.45) is 0 Å². The van der Waals surface area contributed by atoms with Crippen molar-refractivity contribution < 1.29 is 17.9 Å². The van der Waals surface area contributed by atoms with E-state index in [0.29, 0.717) is 42.3 Å². The number of sulfonamides is 1. The van der Waals surface area contributed by atoms with Crippen LogP contribution in [0.3, 0.4) is 0 Å². The van der Waals surface area contributed by atoms with Crippen LogP contribution >= 0.6 is 22.6 Å². The average Bonchev–Trinajstić information content (AvgIpc) is 3.11. The molecule has 0 N–H and O–H groups in total. The van der Waals surface area contributed by atoms with Crippen LogP contribution in [0.5, 0.6) is 5.75 Å². The average molecular weight is 578 g/mol. The van der Waals surface area contributed by atoms with Crippen molar-refractivity contribution in [2.75, 3.05) is 13.1 Å². The van der Waals surface area contributed by atoms with Crippen LogP contribution in [0, 0.1) is 10.5 Å². The molecule has 0 unspecified atom stereocenters. The smallest absolute Gasteiger partial charge is 0.243 e. The van der Waals surface area contributed by atoms with Gasteiger partial charge in [0.15, 0.2) is 0 Å². The maximum Gasteiger partial charge on any atom is 0.243 e. The molecule has 174 valence electrons. The van der Waals surface area contributed by atoms with E-state index in [-0.39, 0.29) is 6.10 Å². The minimum Gasteiger partial charge on any atom is -0.491 e. The van der Waals surface area contributed by atoms with Gasteiger partial charge >= 0.3 is 0 Å². The van der Waals surface area contributed by atoms with Gasteiger partial charge in [0.1, 0.15) is 12.0 Å². The monoisotopic (exact) mass is 578 g/mol. The van der Waals surface area contributed by atoms with E-state index in [1.165, 1.54) is 4.31 Å². The highest BCUT2D eigenvalue weighted by atomic mass is 127. The van der Waals surface area contributed by atoms with Crippen LogP contribution in [0.25, 0.3) is 16.5 Å². The molecular formula is C25H27IN2O4S. The Morgan fingerprint density at radius 3 is 2.61 bits per heavy atom. The molecule has 1 aliphatic rings. The summed E-state index contributed by atoms with van der Waals surface area (Å²) in [7, 11) is -3.61. The number of fused-ring (bicyclic) bond motifs is 1. The molecule has 0 fully saturated rings. The first-order valence-electron chi connectivity index (χ1n) is 10.9. The molecule has 1 aromatic heterocycles. The van der Waals surface area contributed by atoms with Crippen molar-refractivity contribution in [3.63, 3.8) is 0 Å². The molecule has 3 aromatic rings. The Hall–Kier alpha value is -2.17. The summed E-state index contributed by atoms with van der Waals surface area (Å²) in [5.41, 5.74) is 3.86. The predicted octanol–water partition coefficient (Wildman–Crippen LogP) is 5.02. The summed E-state index contributed by atoms with van der Waals surface area (Å²) in [6.45, 7) is 6.69. The number of nitrogens with zero attached hydrogens (tertiary/aromatic N) is 2. The van der Waals surface area contributed by atoms with E-state index < -0.39 is 10.0 Å². The second-order valence-corrected chi connectivity index (χ2v) is 11.6. The Morgan fingerprint density at radius 2 is 1.97 bits per heavy atom. The maximum absolute atomic E-state index is 13.3. The van der Waals surface area contributed by atoms with E-state index in [1.807, 2.05) is 36.8 Å². The summed E-state index contributed by atoms with van der Waals surface area (Å²) in [4.78, 5) is 11.5. The van der Waals surface area contributed by atoms with Gasteiger partial charge in [0.25, 0.3) is 0 Å². The maximum atomic E-state index is 13.3. The van der Waals surface area contributed by atoms with Gasteiger partial charge in [0, 0.05) is 33.8 Å². The third-order valence-corrected chi connectivity index (χ3v) is 8.47. The van der Waals surface area contributed by atoms with Gasteiger partial charge in [0.2, 0.25) is 10.0 Å². The second kappa shape index (κ2) is 9.60. The first kappa shape index (κ1) is 24.0. The van der Waals surface area contributed by atoms with E-state index in [2.05, 4.69) is 34.7 Å². The largest absolute Gasteiger partial charge is 0.491 e. The fourth-order valence-corrected chi connectivity index (χ4v) is 6.32. The number of aryl methyl sites for hydroxylation is 1. The van der Waals surface area contributed by atoms with Gasteiger partial charge in [-0.25, -0.2) is 8.42 Å². The third-order valence-electron chi connectivity index (χ3n) is 5.77. The van der Waals surface area contributed by atoms with E-state index in [4.69, 9.17) is 4.74 Å². The van der Waals surface area contributed by atoms with Gasteiger partial charge in [-0.15, -0.1) is 0 Å². The molecule has 0 spiro atoms. The highest BCUT2D eigenvalue weighted by Gasteiger charge is 2.28. The van der Waals surface area contributed by atoms with E-state index >= 15 is 0 Å². The molecule has 0 amide bonds. The molecule has 0 bridgehead atoms. The number of halogens is 1. The van der Waals surface area contributed by atoms with Crippen LogP contribution in [0.15, 0.2) is 53.6 Å². The summed E-state index contributed by atoms with van der Waals surface area (Å²) in [5.74, 6) is 0.670. The van der Waals surface area contributed by atoms with Crippen LogP contribution < -0.4 is 4.74 Å². The van der Waals surface area contributed by atoms with Crippen LogP contribution in [-0.4, -0.2) is 42.8 Å². The van der Waals surface area contributed by atoms with E-state index in [9.17, 15) is 13.2 Å². The van der Waals surface area contributed by atoms with Gasteiger partial charge in [-0.3, -0.25) is 0 Å². The summed E-state index contributed by atoms with van der Waals surface area (Å²) >= 11 is 2.27. The van der Waals surface area contributed by atoms with Crippen molar-refractivity contribution in [3.8, 4) is 5.75 Å². The van der Waals surface area contributed by atoms with Crippen molar-refractivity contribution in [1.29, 1.82) is 0 Å². The molecule has 33 heavy (non-hydrogen) atoms. The lowest BCUT2D eigenvalue weighted by Crippen LogP contribution is -2.35. The van der Waals surface area contributed by atoms with Gasteiger partial charge in [-0.1, -0.05) is 12.1 Å². The molecule has 4 rings (SSSR count). The highest BCUT2D eigenvalue weighted by molar-refractivity contribution is 14.1. The number of hydrogen-bond donors (Lipinski definition) is 0. The lowest BCUT2D eigenvalue weighted by Gasteiger charge is -2.26. The van der Waals surface area contributed by atoms with Gasteiger partial charge in [-0.05, 0) is 91.3 Å². The SMILES string of the molecule is Cc1cc(OC(C)C)ccc1S(=O)(=O)N1CC=C(c2cn(CC=O)c3cc(I)ccc23)CC1. The summed E-state index contributed by atoms with van der Waals surface area (Å²) in [5, 5.41) is 1.08. The highest BCUT2D eigenvalue weighted by Crippen LogP contribution is 2.33. The number of aromatic nitrogens is 1. The predicted molar refractivity (Wildman–Crippen MR) is 139 cm³/mol. The molecule has 8 heteroatoms. The standard InChI is InChI=1S/C25H27IN2O4S/c1-17(2)32-21-5-7-25(18(3)14-21)33(30,31)28-10-8-19(9-11-28)23-16-27(12-13-29)24-15-20(26)4-6-22(23)24/h4-8,13-17H,9-12H2,1-3H3. The third kappa shape index (κ3) is 4.88. The molecule has 2 aromatic carbocycles. The lowest BCUT2D eigenvalue weighted by atomic mass is 10.00. The Morgan fingerprint density at radius 1 is 1.18 bits per heavy atom. The first-order valence-corrected chi connectivity index (χ1v) is 13.4. The summed E-state index contributed by atoms with van der Waals surface area (Å²) in [6, 6.07) is 11.3. The van der Waals surface area contributed by atoms with Crippen molar-refractivity contribution >= 4 is 55.4 Å². The molecule has 2 heterocycles. The van der Waals surface area contributed by atoms with Gasteiger partial charge < -0.3 is 14.1 Å². The molecule has 0 aliphatic carbocycles. The molecule has 0 saturated heterocycles. The number of ether oxygens (including phenoxy) is 1. The Bertz CT molecular complexity index is 1340. The minimum absolute atomic E-state index is 0.0263. The molecular weight excluding hydrogens is 551 g/mol. The molecule has 6 nitrogen and oxygen atoms in total. The minimum atomic E-state index is -3.61. The zero-order valence-electron chi connectivity index (χ0n) is 18.9. The van der Waals surface area contributed by atoms with Crippen LogP contribution in [0.1, 0.15) is 31.4 Å². The van der Waals surface area contributed by atoms with Gasteiger partial charge in [-0.2, -0.15) is 4.31 Å². The Kier molecular flexibility index (Phi) is 6.97. The molecule has 0 radical (unpaired) electrons. The quantitative estimate of drug-likeness (QED) is 0.292. The second-order valence-electron chi connectivity index (χ2n) is 8.46. The number of carbonyl (C=O) groups is 1. The number of rotatable bonds is 7. The normalized spacial score (nSPS) is 15.1. The van der Waals surface area contributed by atoms with Crippen LogP contribution in [-0.2, 0) is 21.4 Å². The zero-order valence-corrected chi connectivity index (χ0v) is 21.9. The zero-order chi connectivity index (χ0) is 23.8. The number of aldehydes is 1. The number of carbonyl (C=O) groups excluding carboxylic acids is 1. The fourth-order valence-electron chi connectivity index (χ4n) is 4.26. The lowest BCUT2D eigenvalue weighted by molar-refractivity contribution is -0.108. The number of hydrogen-bond acceptors (Lipinski definition) is 4. The fraction of sp³-hybridized carbons (Fsp3) is 0.320. The topological polar surface area (TPSA) is 68.6 Å². The van der Waals surface area contributed by atoms with E-state index in [0.717, 1.165) is 31.9 Å². The molecule has 0 atom stereocenters. The molecule has 1 aliphatic heterocycles. The molecule has 0 saturated carbocycles. The summed E-state index contributed by atoms with van der Waals surface area (Å²) < 4.78 is 36.9. The summed E-state index contributed by atoms with van der Waals surface area (Å²) in [6.07, 6.45) is 5.53. The Balaban J connectivity index is 1.61. The Labute approximate surface area is 208 Å². The van der Waals surface area contributed by atoms with E-state index in [1.54, 1.807) is 25.1 Å².